The summed E-state index contributed by atoms with van der Waals surface area (Å²) in [6.07, 6.45) is 11.9. The van der Waals surface area contributed by atoms with E-state index in [0.717, 1.165) is 40.9 Å². The van der Waals surface area contributed by atoms with E-state index in [2.05, 4.69) is 54.2 Å². The van der Waals surface area contributed by atoms with E-state index >= 15 is 0 Å². The number of rotatable bonds is 8. The number of hydrogen-bond acceptors (Lipinski definition) is 1. The van der Waals surface area contributed by atoms with Crippen LogP contribution in [0.15, 0.2) is 34.0 Å². The zero-order valence-corrected chi connectivity index (χ0v) is 15.0. The smallest absolute Gasteiger partial charge is 0.0797 e. The lowest BCUT2D eigenvalue weighted by atomic mass is 10.1. The quantitative estimate of drug-likeness (QED) is 0.427. The summed E-state index contributed by atoms with van der Waals surface area (Å²) in [4.78, 5) is 0.925. The number of unbranched alkanes of at least 4 members (excludes halogenated alkanes) is 2. The third kappa shape index (κ3) is 9.17. The summed E-state index contributed by atoms with van der Waals surface area (Å²) in [6.45, 7) is 8.52. The van der Waals surface area contributed by atoms with E-state index in [9.17, 15) is 0 Å². The first-order valence-corrected chi connectivity index (χ1v) is 8.25. The Hall–Kier alpha value is -0.410. The molecule has 0 heterocycles. The molecule has 0 bridgehead atoms. The van der Waals surface area contributed by atoms with E-state index in [0.29, 0.717) is 0 Å². The van der Waals surface area contributed by atoms with Gasteiger partial charge >= 0.3 is 0 Å². The van der Waals surface area contributed by atoms with E-state index in [1.165, 1.54) is 12.0 Å². The molecule has 0 spiro atoms. The molecule has 1 nitrogen and oxygen atoms in total. The summed E-state index contributed by atoms with van der Waals surface area (Å²) in [5.41, 5.74) is 2.35. The lowest BCUT2D eigenvalue weighted by Crippen LogP contribution is -2.21. The van der Waals surface area contributed by atoms with Gasteiger partial charge in [0.25, 0.3) is 0 Å². The molecular weight excluding hydrogens is 318 g/mol. The lowest BCUT2D eigenvalue weighted by molar-refractivity contribution is 0.827. The molecule has 0 aromatic heterocycles. The first-order valence-electron chi connectivity index (χ1n) is 7.05. The number of hydrogen-bond donors (Lipinski definition) is 1. The van der Waals surface area contributed by atoms with Crippen LogP contribution in [0.5, 0.6) is 0 Å². The molecule has 0 unspecified atom stereocenters. The molecule has 0 saturated carbocycles. The van der Waals surface area contributed by atoms with Gasteiger partial charge < -0.3 is 5.32 Å². The van der Waals surface area contributed by atoms with Gasteiger partial charge in [0, 0.05) is 10.2 Å². The Morgan fingerprint density at radius 3 is 2.47 bits per heavy atom. The second-order valence-electron chi connectivity index (χ2n) is 4.56. The van der Waals surface area contributed by atoms with Gasteiger partial charge in [-0.25, -0.2) is 0 Å². The highest BCUT2D eigenvalue weighted by Gasteiger charge is 2.04. The lowest BCUT2D eigenvalue weighted by Gasteiger charge is -2.13. The first kappa shape index (κ1) is 18.6. The van der Waals surface area contributed by atoms with Crippen molar-refractivity contribution in [1.29, 1.82) is 0 Å². The third-order valence-electron chi connectivity index (χ3n) is 2.75. The van der Waals surface area contributed by atoms with Crippen molar-refractivity contribution in [3.05, 3.63) is 34.0 Å². The van der Waals surface area contributed by atoms with Crippen molar-refractivity contribution in [2.24, 2.45) is 0 Å². The standard InChI is InChI=1S/C16H26BrNS/c1-5-8-10-13(4)15(12-14(17)7-3)18-16(19)11-9-6-2/h7,10,12H,5-6,8-9,11H2,1-4H3,(H,18,19)/b13-10+,14-7+,15-12+. The SMILES string of the molecule is C\C=C(Br)/C=C(NC(=S)CCCC)\C(C)=C\CCC. The highest BCUT2D eigenvalue weighted by atomic mass is 79.9. The Balaban J connectivity index is 4.88. The van der Waals surface area contributed by atoms with Gasteiger partial charge in [0.15, 0.2) is 0 Å². The highest BCUT2D eigenvalue weighted by molar-refractivity contribution is 9.11. The third-order valence-corrected chi connectivity index (χ3v) is 3.75. The normalized spacial score (nSPS) is 13.6. The van der Waals surface area contributed by atoms with Gasteiger partial charge in [0.2, 0.25) is 0 Å². The molecule has 0 radical (unpaired) electrons. The number of nitrogens with one attached hydrogen (secondary N) is 1. The maximum Gasteiger partial charge on any atom is 0.0797 e. The van der Waals surface area contributed by atoms with Crippen LogP contribution in [-0.4, -0.2) is 4.99 Å². The minimum atomic E-state index is 0.925. The van der Waals surface area contributed by atoms with Crippen molar-refractivity contribution in [3.63, 3.8) is 0 Å². The molecule has 108 valence electrons. The van der Waals surface area contributed by atoms with Crippen LogP contribution in [-0.2, 0) is 0 Å². The number of halogens is 1. The van der Waals surface area contributed by atoms with Crippen LogP contribution in [0.2, 0.25) is 0 Å². The van der Waals surface area contributed by atoms with Crippen molar-refractivity contribution in [3.8, 4) is 0 Å². The maximum atomic E-state index is 5.40. The highest BCUT2D eigenvalue weighted by Crippen LogP contribution is 2.15. The Bertz CT molecular complexity index is 367. The molecule has 0 aliphatic heterocycles. The van der Waals surface area contributed by atoms with Crippen LogP contribution in [0, 0.1) is 0 Å². The van der Waals surface area contributed by atoms with E-state index < -0.39 is 0 Å². The zero-order chi connectivity index (χ0) is 14.7. The van der Waals surface area contributed by atoms with E-state index in [1.807, 2.05) is 13.0 Å². The molecule has 1 N–H and O–H groups in total. The predicted octanol–water partition coefficient (Wildman–Crippen LogP) is 6.02. The molecule has 0 aliphatic rings. The molecule has 0 aliphatic carbocycles. The van der Waals surface area contributed by atoms with Gasteiger partial charge in [-0.2, -0.15) is 0 Å². The molecular formula is C16H26BrNS. The van der Waals surface area contributed by atoms with Crippen LogP contribution in [0.25, 0.3) is 0 Å². The van der Waals surface area contributed by atoms with Gasteiger partial charge in [0.05, 0.1) is 4.99 Å². The van der Waals surface area contributed by atoms with Crippen LogP contribution in [0.1, 0.15) is 59.8 Å². The van der Waals surface area contributed by atoms with Gasteiger partial charge in [-0.3, -0.25) is 0 Å². The van der Waals surface area contributed by atoms with Crippen molar-refractivity contribution >= 4 is 33.1 Å². The van der Waals surface area contributed by atoms with Gasteiger partial charge in [0.1, 0.15) is 0 Å². The topological polar surface area (TPSA) is 12.0 Å². The average molecular weight is 344 g/mol. The fraction of sp³-hybridized carbons (Fsp3) is 0.562. The van der Waals surface area contributed by atoms with Crippen molar-refractivity contribution in [2.75, 3.05) is 0 Å². The summed E-state index contributed by atoms with van der Waals surface area (Å²) in [6, 6.07) is 0. The van der Waals surface area contributed by atoms with Crippen molar-refractivity contribution in [2.45, 2.75) is 59.8 Å². The second kappa shape index (κ2) is 11.4. The minimum absolute atomic E-state index is 0.925. The van der Waals surface area contributed by atoms with Gasteiger partial charge in [-0.05, 0) is 44.8 Å². The summed E-state index contributed by atoms with van der Waals surface area (Å²) >= 11 is 8.93. The first-order chi connectivity index (χ1) is 9.04. The molecule has 0 saturated heterocycles. The Kier molecular flexibility index (Phi) is 11.2. The Morgan fingerprint density at radius 2 is 1.95 bits per heavy atom. The molecule has 19 heavy (non-hydrogen) atoms. The maximum absolute atomic E-state index is 5.40. The van der Waals surface area contributed by atoms with Crippen LogP contribution >= 0.6 is 28.1 Å². The monoisotopic (exact) mass is 343 g/mol. The van der Waals surface area contributed by atoms with Crippen molar-refractivity contribution in [1.82, 2.24) is 5.32 Å². The molecule has 3 heteroatoms. The van der Waals surface area contributed by atoms with Gasteiger partial charge in [-0.15, -0.1) is 0 Å². The molecule has 0 atom stereocenters. The molecule has 0 aromatic carbocycles. The van der Waals surface area contributed by atoms with Crippen LogP contribution < -0.4 is 5.32 Å². The summed E-state index contributed by atoms with van der Waals surface area (Å²) < 4.78 is 1.07. The van der Waals surface area contributed by atoms with Crippen LogP contribution in [0.4, 0.5) is 0 Å². The fourth-order valence-corrected chi connectivity index (χ4v) is 1.97. The Morgan fingerprint density at radius 1 is 1.26 bits per heavy atom. The van der Waals surface area contributed by atoms with Crippen LogP contribution in [0.3, 0.4) is 0 Å². The van der Waals surface area contributed by atoms with Crippen molar-refractivity contribution < 1.29 is 0 Å². The zero-order valence-electron chi connectivity index (χ0n) is 12.6. The summed E-state index contributed by atoms with van der Waals surface area (Å²) in [5, 5.41) is 3.38. The molecule has 0 fully saturated rings. The summed E-state index contributed by atoms with van der Waals surface area (Å²) in [5.74, 6) is 0. The predicted molar refractivity (Wildman–Crippen MR) is 94.7 cm³/mol. The van der Waals surface area contributed by atoms with Gasteiger partial charge in [-0.1, -0.05) is 67.0 Å². The second-order valence-corrected chi connectivity index (χ2v) is 5.97. The fourth-order valence-electron chi connectivity index (χ4n) is 1.49. The average Bonchev–Trinajstić information content (AvgIpc) is 2.41. The number of thiocarbonyl (C=S) groups is 1. The molecule has 0 amide bonds. The molecule has 0 rings (SSSR count). The Labute approximate surface area is 132 Å². The summed E-state index contributed by atoms with van der Waals surface area (Å²) in [7, 11) is 0. The minimum Gasteiger partial charge on any atom is -0.350 e. The van der Waals surface area contributed by atoms with E-state index in [1.54, 1.807) is 0 Å². The molecule has 0 aromatic rings. The van der Waals surface area contributed by atoms with E-state index in [4.69, 9.17) is 12.2 Å². The number of allylic oxidation sites excluding steroid dienone is 5. The van der Waals surface area contributed by atoms with E-state index in [-0.39, 0.29) is 0 Å². The largest absolute Gasteiger partial charge is 0.350 e.